The van der Waals surface area contributed by atoms with E-state index >= 15 is 0 Å². The van der Waals surface area contributed by atoms with Gasteiger partial charge in [0.05, 0.1) is 5.69 Å². The van der Waals surface area contributed by atoms with Crippen LogP contribution >= 0.6 is 11.6 Å². The van der Waals surface area contributed by atoms with Gasteiger partial charge in [0.2, 0.25) is 0 Å². The molecule has 0 amide bonds. The van der Waals surface area contributed by atoms with Crippen LogP contribution in [-0.2, 0) is 12.8 Å². The first-order valence-corrected chi connectivity index (χ1v) is 8.17. The van der Waals surface area contributed by atoms with Crippen molar-refractivity contribution in [2.75, 3.05) is 10.6 Å². The Hall–Kier alpha value is -1.81. The van der Waals surface area contributed by atoms with Crippen molar-refractivity contribution < 1.29 is 0 Å². The molecule has 1 aliphatic heterocycles. The van der Waals surface area contributed by atoms with Crippen LogP contribution in [0.4, 0.5) is 11.5 Å². The molecule has 2 unspecified atom stereocenters. The highest BCUT2D eigenvalue weighted by Gasteiger charge is 2.23. The normalized spacial score (nSPS) is 18.2. The van der Waals surface area contributed by atoms with Crippen molar-refractivity contribution in [3.8, 4) is 0 Å². The van der Waals surface area contributed by atoms with E-state index in [1.54, 1.807) is 6.33 Å². The van der Waals surface area contributed by atoms with E-state index in [9.17, 15) is 0 Å². The fraction of sp³-hybridized carbons (Fsp3) is 0.412. The summed E-state index contributed by atoms with van der Waals surface area (Å²) in [6.07, 6.45) is 4.56. The maximum absolute atomic E-state index is 6.37. The second-order valence-electron chi connectivity index (χ2n) is 5.72. The molecule has 1 aromatic heterocycles. The van der Waals surface area contributed by atoms with E-state index in [1.807, 2.05) is 6.92 Å². The molecule has 22 heavy (non-hydrogen) atoms. The lowest BCUT2D eigenvalue weighted by Crippen LogP contribution is -2.40. The van der Waals surface area contributed by atoms with Gasteiger partial charge in [-0.3, -0.25) is 0 Å². The van der Waals surface area contributed by atoms with Crippen LogP contribution in [0.2, 0.25) is 5.02 Å². The third kappa shape index (κ3) is 3.02. The van der Waals surface area contributed by atoms with Crippen molar-refractivity contribution in [2.45, 2.75) is 45.2 Å². The first-order valence-electron chi connectivity index (χ1n) is 7.79. The lowest BCUT2D eigenvalue weighted by molar-refractivity contribution is 0.565. The average molecular weight is 317 g/mol. The summed E-state index contributed by atoms with van der Waals surface area (Å²) in [5.74, 6) is 0.724. The third-order valence-corrected chi connectivity index (χ3v) is 4.64. The van der Waals surface area contributed by atoms with Crippen LogP contribution in [0.15, 0.2) is 30.6 Å². The molecule has 0 radical (unpaired) electrons. The molecule has 3 rings (SSSR count). The summed E-state index contributed by atoms with van der Waals surface area (Å²) in [4.78, 5) is 8.49. The van der Waals surface area contributed by atoms with E-state index in [1.165, 1.54) is 11.3 Å². The van der Waals surface area contributed by atoms with E-state index in [0.29, 0.717) is 11.1 Å². The van der Waals surface area contributed by atoms with Crippen molar-refractivity contribution >= 4 is 23.1 Å². The number of anilines is 2. The second kappa shape index (κ2) is 6.53. The number of fused-ring (bicyclic) bond motifs is 1. The lowest BCUT2D eigenvalue weighted by atomic mass is 9.94. The standard InChI is InChI=1S/C17H21ClN4/c1-3-13-16(18)17(20-10-19-13)21-11(2)14-9-8-12-6-4-5-7-15(12)22-14/h4-7,10-11,14,22H,3,8-9H2,1-2H3,(H,19,20,21). The zero-order chi connectivity index (χ0) is 15.5. The Morgan fingerprint density at radius 1 is 1.36 bits per heavy atom. The Bertz CT molecular complexity index is 659. The molecular formula is C17H21ClN4. The smallest absolute Gasteiger partial charge is 0.148 e. The van der Waals surface area contributed by atoms with Gasteiger partial charge < -0.3 is 10.6 Å². The van der Waals surface area contributed by atoms with Crippen molar-refractivity contribution in [1.82, 2.24) is 9.97 Å². The first-order chi connectivity index (χ1) is 10.7. The van der Waals surface area contributed by atoms with Crippen LogP contribution in [0, 0.1) is 0 Å². The summed E-state index contributed by atoms with van der Waals surface area (Å²) < 4.78 is 0. The van der Waals surface area contributed by atoms with E-state index in [-0.39, 0.29) is 6.04 Å². The zero-order valence-electron chi connectivity index (χ0n) is 12.9. The number of benzene rings is 1. The van der Waals surface area contributed by atoms with Crippen LogP contribution in [0.1, 0.15) is 31.5 Å². The van der Waals surface area contributed by atoms with Gasteiger partial charge in [0.1, 0.15) is 17.2 Å². The van der Waals surface area contributed by atoms with Gasteiger partial charge in [-0.05, 0) is 37.8 Å². The van der Waals surface area contributed by atoms with Gasteiger partial charge in [-0.1, -0.05) is 36.7 Å². The zero-order valence-corrected chi connectivity index (χ0v) is 13.7. The van der Waals surface area contributed by atoms with Crippen molar-refractivity contribution in [2.24, 2.45) is 0 Å². The summed E-state index contributed by atoms with van der Waals surface area (Å²) in [5.41, 5.74) is 3.50. The minimum Gasteiger partial charge on any atom is -0.380 e. The highest BCUT2D eigenvalue weighted by Crippen LogP contribution is 2.28. The Kier molecular flexibility index (Phi) is 4.48. The van der Waals surface area contributed by atoms with Gasteiger partial charge in [-0.15, -0.1) is 0 Å². The van der Waals surface area contributed by atoms with E-state index in [2.05, 4.69) is 51.8 Å². The number of nitrogens with zero attached hydrogens (tertiary/aromatic N) is 2. The molecule has 0 saturated carbocycles. The minimum absolute atomic E-state index is 0.227. The van der Waals surface area contributed by atoms with Crippen LogP contribution in [0.5, 0.6) is 0 Å². The summed E-state index contributed by atoms with van der Waals surface area (Å²) >= 11 is 6.37. The molecule has 2 atom stereocenters. The summed E-state index contributed by atoms with van der Waals surface area (Å²) in [6, 6.07) is 9.07. The SMILES string of the molecule is CCc1ncnc(NC(C)C2CCc3ccccc3N2)c1Cl. The molecule has 0 spiro atoms. The molecule has 2 heterocycles. The number of halogens is 1. The third-order valence-electron chi connectivity index (χ3n) is 4.25. The molecule has 0 fully saturated rings. The Morgan fingerprint density at radius 3 is 3.00 bits per heavy atom. The highest BCUT2D eigenvalue weighted by atomic mass is 35.5. The Labute approximate surface area is 136 Å². The van der Waals surface area contributed by atoms with Gasteiger partial charge in [0.15, 0.2) is 0 Å². The van der Waals surface area contributed by atoms with Gasteiger partial charge in [-0.25, -0.2) is 9.97 Å². The van der Waals surface area contributed by atoms with Gasteiger partial charge in [-0.2, -0.15) is 0 Å². The first kappa shape index (κ1) is 15.1. The number of hydrogen-bond donors (Lipinski definition) is 2. The minimum atomic E-state index is 0.227. The molecule has 5 heteroatoms. The van der Waals surface area contributed by atoms with Crippen LogP contribution < -0.4 is 10.6 Å². The van der Waals surface area contributed by atoms with Crippen molar-refractivity contribution in [3.05, 3.63) is 46.9 Å². The van der Waals surface area contributed by atoms with Crippen molar-refractivity contribution in [1.29, 1.82) is 0 Å². The fourth-order valence-corrected chi connectivity index (χ4v) is 3.19. The second-order valence-corrected chi connectivity index (χ2v) is 6.09. The lowest BCUT2D eigenvalue weighted by Gasteiger charge is -2.32. The summed E-state index contributed by atoms with van der Waals surface area (Å²) in [6.45, 7) is 4.21. The molecule has 1 aromatic carbocycles. The van der Waals surface area contributed by atoms with Crippen molar-refractivity contribution in [3.63, 3.8) is 0 Å². The largest absolute Gasteiger partial charge is 0.380 e. The molecule has 2 aromatic rings. The number of hydrogen-bond acceptors (Lipinski definition) is 4. The number of rotatable bonds is 4. The predicted molar refractivity (Wildman–Crippen MR) is 91.7 cm³/mol. The summed E-state index contributed by atoms with van der Waals surface area (Å²) in [5, 5.41) is 7.69. The fourth-order valence-electron chi connectivity index (χ4n) is 2.91. The monoisotopic (exact) mass is 316 g/mol. The van der Waals surface area contributed by atoms with Gasteiger partial charge >= 0.3 is 0 Å². The van der Waals surface area contributed by atoms with E-state index in [4.69, 9.17) is 11.6 Å². The van der Waals surface area contributed by atoms with Gasteiger partial charge in [0, 0.05) is 17.8 Å². The topological polar surface area (TPSA) is 49.8 Å². The van der Waals surface area contributed by atoms with E-state index < -0.39 is 0 Å². The molecule has 0 saturated heterocycles. The van der Waals surface area contributed by atoms with Crippen LogP contribution in [0.25, 0.3) is 0 Å². The molecule has 4 nitrogen and oxygen atoms in total. The van der Waals surface area contributed by atoms with E-state index in [0.717, 1.165) is 30.8 Å². The maximum atomic E-state index is 6.37. The highest BCUT2D eigenvalue weighted by molar-refractivity contribution is 6.33. The Morgan fingerprint density at radius 2 is 2.18 bits per heavy atom. The molecule has 0 aliphatic carbocycles. The molecule has 116 valence electrons. The molecule has 1 aliphatic rings. The average Bonchev–Trinajstić information content (AvgIpc) is 2.56. The molecule has 0 bridgehead atoms. The predicted octanol–water partition coefficient (Wildman–Crippen LogP) is 3.92. The molecular weight excluding hydrogens is 296 g/mol. The maximum Gasteiger partial charge on any atom is 0.148 e. The number of nitrogens with one attached hydrogen (secondary N) is 2. The number of para-hydroxylation sites is 1. The van der Waals surface area contributed by atoms with Gasteiger partial charge in [0.25, 0.3) is 0 Å². The summed E-state index contributed by atoms with van der Waals surface area (Å²) in [7, 11) is 0. The molecule has 2 N–H and O–H groups in total. The number of aryl methyl sites for hydroxylation is 2. The quantitative estimate of drug-likeness (QED) is 0.897. The Balaban J connectivity index is 1.72. The van der Waals surface area contributed by atoms with Crippen LogP contribution in [0.3, 0.4) is 0 Å². The van der Waals surface area contributed by atoms with Crippen LogP contribution in [-0.4, -0.2) is 22.1 Å². The number of aromatic nitrogens is 2.